The Morgan fingerprint density at radius 3 is 2.56 bits per heavy atom. The Morgan fingerprint density at radius 1 is 1.44 bits per heavy atom. The van der Waals surface area contributed by atoms with E-state index >= 15 is 0 Å². The maximum absolute atomic E-state index is 13.4. The van der Waals surface area contributed by atoms with Crippen molar-refractivity contribution in [3.8, 4) is 0 Å². The summed E-state index contributed by atoms with van der Waals surface area (Å²) in [6.45, 7) is 1.40. The topological polar surface area (TPSA) is 55.2 Å². The van der Waals surface area contributed by atoms with Gasteiger partial charge in [-0.1, -0.05) is 0 Å². The standard InChI is InChI=1S/C10H10F2N2O2/c1-5-7(13-6-2-3-6)4-8(14(15)16)10(12)9(5)11/h4,6,13H,2-3H2,1H3. The number of nitrogens with zero attached hydrogens (tertiary/aromatic N) is 1. The van der Waals surface area contributed by atoms with Crippen molar-refractivity contribution in [1.82, 2.24) is 0 Å². The van der Waals surface area contributed by atoms with Crippen molar-refractivity contribution in [3.05, 3.63) is 33.4 Å². The third-order valence-electron chi connectivity index (χ3n) is 2.57. The summed E-state index contributed by atoms with van der Waals surface area (Å²) in [5.41, 5.74) is -0.450. The number of hydrogen-bond acceptors (Lipinski definition) is 3. The zero-order valence-corrected chi connectivity index (χ0v) is 8.59. The minimum Gasteiger partial charge on any atom is -0.382 e. The highest BCUT2D eigenvalue weighted by Crippen LogP contribution is 2.32. The molecule has 1 saturated carbocycles. The Balaban J connectivity index is 2.47. The number of nitrogens with one attached hydrogen (secondary N) is 1. The van der Waals surface area contributed by atoms with Crippen LogP contribution < -0.4 is 5.32 Å². The van der Waals surface area contributed by atoms with E-state index in [0.717, 1.165) is 18.9 Å². The SMILES string of the molecule is Cc1c(NC2CC2)cc([N+](=O)[O-])c(F)c1F. The lowest BCUT2D eigenvalue weighted by atomic mass is 10.1. The van der Waals surface area contributed by atoms with Gasteiger partial charge < -0.3 is 5.32 Å². The summed E-state index contributed by atoms with van der Waals surface area (Å²) in [6, 6.07) is 1.27. The second kappa shape index (κ2) is 3.70. The quantitative estimate of drug-likeness (QED) is 0.639. The van der Waals surface area contributed by atoms with Gasteiger partial charge >= 0.3 is 5.69 Å². The molecule has 0 atom stereocenters. The first kappa shape index (κ1) is 10.8. The molecule has 1 aliphatic rings. The average molecular weight is 228 g/mol. The lowest BCUT2D eigenvalue weighted by Crippen LogP contribution is -2.07. The Morgan fingerprint density at radius 2 is 2.06 bits per heavy atom. The second-order valence-electron chi connectivity index (χ2n) is 3.87. The molecule has 0 amide bonds. The first-order valence-corrected chi connectivity index (χ1v) is 4.90. The van der Waals surface area contributed by atoms with E-state index in [1.165, 1.54) is 6.92 Å². The first-order valence-electron chi connectivity index (χ1n) is 4.90. The van der Waals surface area contributed by atoms with Crippen molar-refractivity contribution in [3.63, 3.8) is 0 Å². The molecule has 4 nitrogen and oxygen atoms in total. The Bertz CT molecular complexity index is 459. The minimum atomic E-state index is -1.40. The van der Waals surface area contributed by atoms with Crippen molar-refractivity contribution < 1.29 is 13.7 Å². The van der Waals surface area contributed by atoms with E-state index in [1.54, 1.807) is 0 Å². The van der Waals surface area contributed by atoms with E-state index in [4.69, 9.17) is 0 Å². The average Bonchev–Trinajstić information content (AvgIpc) is 3.02. The fourth-order valence-corrected chi connectivity index (χ4v) is 1.43. The maximum atomic E-state index is 13.4. The van der Waals surface area contributed by atoms with E-state index < -0.39 is 22.2 Å². The molecular weight excluding hydrogens is 218 g/mol. The van der Waals surface area contributed by atoms with Crippen molar-refractivity contribution in [1.29, 1.82) is 0 Å². The number of nitro benzene ring substituents is 1. The summed E-state index contributed by atoms with van der Waals surface area (Å²) in [5, 5.41) is 13.4. The van der Waals surface area contributed by atoms with Crippen LogP contribution >= 0.6 is 0 Å². The monoisotopic (exact) mass is 228 g/mol. The molecule has 86 valence electrons. The molecule has 0 saturated heterocycles. The van der Waals surface area contributed by atoms with Crippen molar-refractivity contribution in [2.45, 2.75) is 25.8 Å². The summed E-state index contributed by atoms with van der Waals surface area (Å²) in [7, 11) is 0. The van der Waals surface area contributed by atoms with Crippen LogP contribution in [-0.4, -0.2) is 11.0 Å². The van der Waals surface area contributed by atoms with Gasteiger partial charge in [-0.3, -0.25) is 10.1 Å². The molecule has 0 aromatic heterocycles. The zero-order chi connectivity index (χ0) is 11.9. The number of hydrogen-bond donors (Lipinski definition) is 1. The molecule has 0 heterocycles. The summed E-state index contributed by atoms with van der Waals surface area (Å²) < 4.78 is 26.6. The number of nitro groups is 1. The van der Waals surface area contributed by atoms with Gasteiger partial charge in [0.1, 0.15) is 0 Å². The van der Waals surface area contributed by atoms with E-state index in [9.17, 15) is 18.9 Å². The third-order valence-corrected chi connectivity index (χ3v) is 2.57. The maximum Gasteiger partial charge on any atom is 0.309 e. The molecule has 1 fully saturated rings. The highest BCUT2D eigenvalue weighted by Gasteiger charge is 2.27. The summed E-state index contributed by atoms with van der Waals surface area (Å²) in [6.07, 6.45) is 1.90. The van der Waals surface area contributed by atoms with Gasteiger partial charge in [0.05, 0.1) is 4.92 Å². The fraction of sp³-hybridized carbons (Fsp3) is 0.400. The largest absolute Gasteiger partial charge is 0.382 e. The first-order chi connectivity index (χ1) is 7.50. The predicted molar refractivity (Wildman–Crippen MR) is 54.4 cm³/mol. The van der Waals surface area contributed by atoms with Crippen LogP contribution in [0.1, 0.15) is 18.4 Å². The van der Waals surface area contributed by atoms with E-state index in [2.05, 4.69) is 5.32 Å². The highest BCUT2D eigenvalue weighted by molar-refractivity contribution is 5.59. The molecule has 0 bridgehead atoms. The van der Waals surface area contributed by atoms with Gasteiger partial charge in [-0.2, -0.15) is 4.39 Å². The van der Waals surface area contributed by atoms with Crippen LogP contribution in [0.25, 0.3) is 0 Å². The summed E-state index contributed by atoms with van der Waals surface area (Å²) in [4.78, 5) is 9.59. The van der Waals surface area contributed by atoms with Crippen molar-refractivity contribution in [2.24, 2.45) is 0 Å². The van der Waals surface area contributed by atoms with Crippen molar-refractivity contribution in [2.75, 3.05) is 5.32 Å². The molecule has 1 aliphatic carbocycles. The van der Waals surface area contributed by atoms with Crippen LogP contribution in [0.4, 0.5) is 20.2 Å². The molecule has 1 N–H and O–H groups in total. The van der Waals surface area contributed by atoms with Gasteiger partial charge in [0.15, 0.2) is 5.82 Å². The number of benzene rings is 1. The third kappa shape index (κ3) is 1.82. The second-order valence-corrected chi connectivity index (χ2v) is 3.87. The lowest BCUT2D eigenvalue weighted by molar-refractivity contribution is -0.387. The number of rotatable bonds is 3. The normalized spacial score (nSPS) is 14.9. The van der Waals surface area contributed by atoms with Crippen LogP contribution in [-0.2, 0) is 0 Å². The molecule has 0 aliphatic heterocycles. The number of anilines is 1. The Labute approximate surface area is 90.4 Å². The molecule has 0 spiro atoms. The van der Waals surface area contributed by atoms with Crippen LogP contribution in [0.2, 0.25) is 0 Å². The van der Waals surface area contributed by atoms with Gasteiger partial charge in [-0.15, -0.1) is 0 Å². The molecule has 1 aromatic carbocycles. The Hall–Kier alpha value is -1.72. The molecule has 1 aromatic rings. The van der Waals surface area contributed by atoms with Crippen LogP contribution in [0, 0.1) is 28.7 Å². The smallest absolute Gasteiger partial charge is 0.309 e. The van der Waals surface area contributed by atoms with Crippen LogP contribution in [0.3, 0.4) is 0 Å². The van der Waals surface area contributed by atoms with Gasteiger partial charge in [0.2, 0.25) is 5.82 Å². The molecular formula is C10H10F2N2O2. The molecule has 2 rings (SSSR count). The van der Waals surface area contributed by atoms with Gasteiger partial charge in [-0.25, -0.2) is 4.39 Å². The molecule has 16 heavy (non-hydrogen) atoms. The van der Waals surface area contributed by atoms with Gasteiger partial charge in [0, 0.05) is 23.4 Å². The van der Waals surface area contributed by atoms with E-state index in [-0.39, 0.29) is 11.6 Å². The van der Waals surface area contributed by atoms with E-state index in [1.807, 2.05) is 0 Å². The Kier molecular flexibility index (Phi) is 2.49. The minimum absolute atomic E-state index is 0.0787. The van der Waals surface area contributed by atoms with Gasteiger partial charge in [-0.05, 0) is 19.8 Å². The zero-order valence-electron chi connectivity index (χ0n) is 8.59. The van der Waals surface area contributed by atoms with Crippen LogP contribution in [0.5, 0.6) is 0 Å². The molecule has 0 unspecified atom stereocenters. The van der Waals surface area contributed by atoms with E-state index in [0.29, 0.717) is 5.69 Å². The summed E-state index contributed by atoms with van der Waals surface area (Å²) >= 11 is 0. The lowest BCUT2D eigenvalue weighted by Gasteiger charge is -2.09. The fourth-order valence-electron chi connectivity index (χ4n) is 1.43. The van der Waals surface area contributed by atoms with Crippen molar-refractivity contribution >= 4 is 11.4 Å². The number of halogens is 2. The molecule has 0 radical (unpaired) electrons. The van der Waals surface area contributed by atoms with Crippen LogP contribution in [0.15, 0.2) is 6.07 Å². The van der Waals surface area contributed by atoms with Gasteiger partial charge in [0.25, 0.3) is 0 Å². The highest BCUT2D eigenvalue weighted by atomic mass is 19.2. The molecule has 6 heteroatoms. The summed E-state index contributed by atoms with van der Waals surface area (Å²) in [5.74, 6) is -2.55. The predicted octanol–water partition coefficient (Wildman–Crippen LogP) is 2.76.